The third-order valence-electron chi connectivity index (χ3n) is 5.25. The fourth-order valence-corrected chi connectivity index (χ4v) is 3.94. The van der Waals surface area contributed by atoms with Crippen LogP contribution in [0.5, 0.6) is 5.75 Å². The van der Waals surface area contributed by atoms with Crippen molar-refractivity contribution in [2.75, 3.05) is 12.4 Å². The fourth-order valence-electron chi connectivity index (χ4n) is 3.77. The zero-order chi connectivity index (χ0) is 22.2. The first-order chi connectivity index (χ1) is 14.0. The summed E-state index contributed by atoms with van der Waals surface area (Å²) in [6, 6.07) is 5.15. The van der Waals surface area contributed by atoms with Crippen LogP contribution >= 0.6 is 11.6 Å². The number of carbonyl (C=O) groups excluding carboxylic acids is 1. The molecule has 0 aliphatic rings. The van der Waals surface area contributed by atoms with Gasteiger partial charge in [0.25, 0.3) is 0 Å². The Hall–Kier alpha value is -2.60. The number of methoxy groups -OCH3 is 1. The molecule has 1 aromatic carbocycles. The molecule has 7 heteroatoms. The molecule has 0 spiro atoms. The van der Waals surface area contributed by atoms with Gasteiger partial charge in [-0.15, -0.1) is 0 Å². The Bertz CT molecular complexity index is 1110. The third kappa shape index (κ3) is 4.29. The van der Waals surface area contributed by atoms with E-state index in [-0.39, 0.29) is 11.4 Å². The standard InChI is InChI=1S/C23H29ClN4O2/c1-13-17(9-11-20(29)26-18-12-16(24)8-10-19(18)30-7)14(2)25-22-21(13)15(3)27-28(22)23(4,5)6/h8,10,12H,9,11H2,1-7H3,(H,26,29). The number of amides is 1. The van der Waals surface area contributed by atoms with E-state index in [1.165, 1.54) is 0 Å². The smallest absolute Gasteiger partial charge is 0.224 e. The number of hydrogen-bond donors (Lipinski definition) is 1. The monoisotopic (exact) mass is 428 g/mol. The van der Waals surface area contributed by atoms with Crippen LogP contribution < -0.4 is 10.1 Å². The molecule has 30 heavy (non-hydrogen) atoms. The van der Waals surface area contributed by atoms with Gasteiger partial charge >= 0.3 is 0 Å². The summed E-state index contributed by atoms with van der Waals surface area (Å²) in [6.07, 6.45) is 0.923. The maximum absolute atomic E-state index is 12.6. The molecular formula is C23H29ClN4O2. The first kappa shape index (κ1) is 22.1. The lowest BCUT2D eigenvalue weighted by Gasteiger charge is -2.20. The van der Waals surface area contributed by atoms with Gasteiger partial charge in [-0.3, -0.25) is 4.79 Å². The maximum atomic E-state index is 12.6. The average molecular weight is 429 g/mol. The number of aromatic nitrogens is 3. The number of benzene rings is 1. The Morgan fingerprint density at radius 1 is 1.20 bits per heavy atom. The van der Waals surface area contributed by atoms with Crippen molar-refractivity contribution in [3.05, 3.63) is 45.7 Å². The van der Waals surface area contributed by atoms with E-state index >= 15 is 0 Å². The highest BCUT2D eigenvalue weighted by Gasteiger charge is 2.23. The molecular weight excluding hydrogens is 400 g/mol. The van der Waals surface area contributed by atoms with Crippen molar-refractivity contribution in [1.29, 1.82) is 0 Å². The summed E-state index contributed by atoms with van der Waals surface area (Å²) in [4.78, 5) is 17.5. The second-order valence-electron chi connectivity index (χ2n) is 8.56. The summed E-state index contributed by atoms with van der Waals surface area (Å²) in [5.74, 6) is 0.477. The van der Waals surface area contributed by atoms with Crippen LogP contribution in [-0.2, 0) is 16.8 Å². The lowest BCUT2D eigenvalue weighted by Crippen LogP contribution is -2.23. The first-order valence-electron chi connectivity index (χ1n) is 10.0. The van der Waals surface area contributed by atoms with Gasteiger partial charge in [-0.25, -0.2) is 9.67 Å². The lowest BCUT2D eigenvalue weighted by atomic mass is 9.99. The molecule has 3 rings (SSSR count). The Balaban J connectivity index is 1.85. The number of anilines is 1. The topological polar surface area (TPSA) is 69.0 Å². The Morgan fingerprint density at radius 2 is 1.90 bits per heavy atom. The fraction of sp³-hybridized carbons (Fsp3) is 0.435. The number of carbonyl (C=O) groups is 1. The average Bonchev–Trinajstić information content (AvgIpc) is 2.98. The van der Waals surface area contributed by atoms with Gasteiger partial charge in [0.15, 0.2) is 5.65 Å². The molecule has 2 heterocycles. The molecule has 1 amide bonds. The predicted molar refractivity (Wildman–Crippen MR) is 122 cm³/mol. The number of pyridine rings is 1. The summed E-state index contributed by atoms with van der Waals surface area (Å²) in [5, 5.41) is 9.24. The summed E-state index contributed by atoms with van der Waals surface area (Å²) in [6.45, 7) is 12.5. The molecule has 0 fully saturated rings. The highest BCUT2D eigenvalue weighted by Crippen LogP contribution is 2.30. The molecule has 6 nitrogen and oxygen atoms in total. The molecule has 0 saturated heterocycles. The van der Waals surface area contributed by atoms with E-state index in [9.17, 15) is 4.79 Å². The first-order valence-corrected chi connectivity index (χ1v) is 10.4. The molecule has 0 radical (unpaired) electrons. The van der Waals surface area contributed by atoms with Crippen molar-refractivity contribution in [3.63, 3.8) is 0 Å². The summed E-state index contributed by atoms with van der Waals surface area (Å²) >= 11 is 6.05. The van der Waals surface area contributed by atoms with Crippen LogP contribution in [0.15, 0.2) is 18.2 Å². The number of nitrogens with zero attached hydrogens (tertiary/aromatic N) is 3. The zero-order valence-corrected chi connectivity index (χ0v) is 19.4. The highest BCUT2D eigenvalue weighted by molar-refractivity contribution is 6.31. The van der Waals surface area contributed by atoms with Gasteiger partial charge in [0, 0.05) is 22.5 Å². The van der Waals surface area contributed by atoms with Gasteiger partial charge in [-0.1, -0.05) is 11.6 Å². The Morgan fingerprint density at radius 3 is 2.53 bits per heavy atom. The minimum atomic E-state index is -0.157. The number of rotatable bonds is 5. The second-order valence-corrected chi connectivity index (χ2v) is 9.00. The molecule has 0 unspecified atom stereocenters. The molecule has 3 aromatic rings. The Kier molecular flexibility index (Phi) is 6.09. The number of nitrogens with one attached hydrogen (secondary N) is 1. The van der Waals surface area contributed by atoms with Crippen molar-refractivity contribution >= 4 is 34.2 Å². The summed E-state index contributed by atoms with van der Waals surface area (Å²) < 4.78 is 7.29. The van der Waals surface area contributed by atoms with Crippen LogP contribution in [0.4, 0.5) is 5.69 Å². The molecule has 0 saturated carbocycles. The quantitative estimate of drug-likeness (QED) is 0.595. The van der Waals surface area contributed by atoms with Gasteiger partial charge in [0.05, 0.1) is 24.0 Å². The van der Waals surface area contributed by atoms with Gasteiger partial charge in [0.1, 0.15) is 5.75 Å². The number of hydrogen-bond acceptors (Lipinski definition) is 4. The van der Waals surface area contributed by atoms with E-state index < -0.39 is 0 Å². The predicted octanol–water partition coefficient (Wildman–Crippen LogP) is 5.34. The van der Waals surface area contributed by atoms with Crippen LogP contribution in [0, 0.1) is 20.8 Å². The molecule has 0 bridgehead atoms. The van der Waals surface area contributed by atoms with Gasteiger partial charge in [-0.05, 0) is 77.3 Å². The maximum Gasteiger partial charge on any atom is 0.224 e. The van der Waals surface area contributed by atoms with Crippen LogP contribution in [-0.4, -0.2) is 27.8 Å². The van der Waals surface area contributed by atoms with Crippen molar-refractivity contribution in [2.24, 2.45) is 0 Å². The minimum absolute atomic E-state index is 0.100. The Labute approximate surface area is 182 Å². The number of halogens is 1. The van der Waals surface area contributed by atoms with E-state index in [0.29, 0.717) is 29.3 Å². The normalized spacial score (nSPS) is 11.7. The van der Waals surface area contributed by atoms with Crippen LogP contribution in [0.1, 0.15) is 49.7 Å². The van der Waals surface area contributed by atoms with Gasteiger partial charge in [-0.2, -0.15) is 5.10 Å². The van der Waals surface area contributed by atoms with Crippen molar-refractivity contribution in [1.82, 2.24) is 14.8 Å². The SMILES string of the molecule is COc1ccc(Cl)cc1NC(=O)CCc1c(C)nc2c(c(C)nn2C(C)(C)C)c1C. The minimum Gasteiger partial charge on any atom is -0.495 e. The van der Waals surface area contributed by atoms with Crippen molar-refractivity contribution < 1.29 is 9.53 Å². The number of fused-ring (bicyclic) bond motifs is 1. The van der Waals surface area contributed by atoms with Gasteiger partial charge in [0.2, 0.25) is 5.91 Å². The highest BCUT2D eigenvalue weighted by atomic mass is 35.5. The van der Waals surface area contributed by atoms with E-state index in [2.05, 4.69) is 33.0 Å². The molecule has 0 aliphatic carbocycles. The third-order valence-corrected chi connectivity index (χ3v) is 5.48. The molecule has 1 N–H and O–H groups in total. The van der Waals surface area contributed by atoms with E-state index in [0.717, 1.165) is 33.5 Å². The molecule has 0 aliphatic heterocycles. The van der Waals surface area contributed by atoms with Crippen LogP contribution in [0.2, 0.25) is 5.02 Å². The molecule has 0 atom stereocenters. The van der Waals surface area contributed by atoms with Crippen molar-refractivity contribution in [3.8, 4) is 5.75 Å². The number of ether oxygens (including phenoxy) is 1. The largest absolute Gasteiger partial charge is 0.495 e. The lowest BCUT2D eigenvalue weighted by molar-refractivity contribution is -0.116. The van der Waals surface area contributed by atoms with Crippen LogP contribution in [0.25, 0.3) is 11.0 Å². The molecule has 2 aromatic heterocycles. The summed E-state index contributed by atoms with van der Waals surface area (Å²) in [7, 11) is 1.56. The van der Waals surface area contributed by atoms with Gasteiger partial charge < -0.3 is 10.1 Å². The molecule has 160 valence electrons. The van der Waals surface area contributed by atoms with Crippen molar-refractivity contribution in [2.45, 2.75) is 59.9 Å². The second kappa shape index (κ2) is 8.26. The van der Waals surface area contributed by atoms with E-state index in [1.54, 1.807) is 25.3 Å². The van der Waals surface area contributed by atoms with E-state index in [1.807, 2.05) is 18.5 Å². The van der Waals surface area contributed by atoms with Crippen LogP contribution in [0.3, 0.4) is 0 Å². The number of aryl methyl sites for hydroxylation is 3. The summed E-state index contributed by atoms with van der Waals surface area (Å²) in [5.41, 5.74) is 5.42. The zero-order valence-electron chi connectivity index (χ0n) is 18.7. The van der Waals surface area contributed by atoms with E-state index in [4.69, 9.17) is 26.4 Å².